The van der Waals surface area contributed by atoms with Gasteiger partial charge >= 0.3 is 0 Å². The normalized spacial score (nSPS) is 15.2. The van der Waals surface area contributed by atoms with Crippen LogP contribution in [0.4, 0.5) is 0 Å². The number of likely N-dealkylation sites (N-methyl/N-ethyl adjacent to an activating group) is 1. The first kappa shape index (κ1) is 67.1. The number of hydrogen-bond donors (Lipinski definition) is 2. The summed E-state index contributed by atoms with van der Waals surface area (Å²) in [7, 11) is 1.20. The largest absolute Gasteiger partial charge is 0.756 e. The fourth-order valence-electron chi connectivity index (χ4n) is 6.72. The van der Waals surface area contributed by atoms with Crippen LogP contribution < -0.4 is 10.2 Å². The highest BCUT2D eigenvalue weighted by molar-refractivity contribution is 7.45. The summed E-state index contributed by atoms with van der Waals surface area (Å²) in [5.74, 6) is -0.250. The van der Waals surface area contributed by atoms with Crippen molar-refractivity contribution in [2.75, 3.05) is 40.9 Å². The second-order valence-electron chi connectivity index (χ2n) is 18.9. The van der Waals surface area contributed by atoms with E-state index in [4.69, 9.17) is 9.05 Å². The van der Waals surface area contributed by atoms with Gasteiger partial charge in [-0.2, -0.15) is 0 Å². The third-order valence-electron chi connectivity index (χ3n) is 11.0. The summed E-state index contributed by atoms with van der Waals surface area (Å²) in [6.45, 7) is 4.44. The number of phosphoric ester groups is 1. The van der Waals surface area contributed by atoms with Crippen LogP contribution in [-0.2, 0) is 18.4 Å². The van der Waals surface area contributed by atoms with Crippen molar-refractivity contribution in [1.82, 2.24) is 5.32 Å². The van der Waals surface area contributed by atoms with Gasteiger partial charge in [-0.25, -0.2) is 0 Å². The summed E-state index contributed by atoms with van der Waals surface area (Å²) in [5, 5.41) is 13.7. The van der Waals surface area contributed by atoms with Gasteiger partial charge in [0.25, 0.3) is 7.82 Å². The van der Waals surface area contributed by atoms with Gasteiger partial charge in [0, 0.05) is 6.42 Å². The lowest BCUT2D eigenvalue weighted by atomic mass is 10.1. The molecule has 71 heavy (non-hydrogen) atoms. The number of amides is 1. The maximum atomic E-state index is 12.9. The van der Waals surface area contributed by atoms with Crippen molar-refractivity contribution in [3.05, 3.63) is 158 Å². The number of hydrogen-bond acceptors (Lipinski definition) is 6. The van der Waals surface area contributed by atoms with Crippen LogP contribution in [0.15, 0.2) is 158 Å². The number of aliphatic hydroxyl groups is 1. The molecule has 0 aromatic carbocycles. The highest BCUT2D eigenvalue weighted by Crippen LogP contribution is 2.38. The zero-order valence-corrected chi connectivity index (χ0v) is 46.2. The first-order valence-electron chi connectivity index (χ1n) is 27.3. The van der Waals surface area contributed by atoms with Gasteiger partial charge in [-0.05, 0) is 109 Å². The van der Waals surface area contributed by atoms with E-state index in [-0.39, 0.29) is 18.9 Å². The highest BCUT2D eigenvalue weighted by Gasteiger charge is 2.23. The van der Waals surface area contributed by atoms with Crippen molar-refractivity contribution in [3.63, 3.8) is 0 Å². The Hall–Kier alpha value is -3.88. The molecular weight excluding hydrogens is 900 g/mol. The maximum Gasteiger partial charge on any atom is 0.268 e. The number of nitrogens with one attached hydrogen (secondary N) is 1. The Bertz CT molecular complexity index is 1700. The number of unbranched alkanes of at least 4 members (excludes halogenated alkanes) is 10. The number of nitrogens with zero attached hydrogens (tertiary/aromatic N) is 1. The Morgan fingerprint density at radius 1 is 0.507 bits per heavy atom. The second kappa shape index (κ2) is 51.0. The molecule has 0 radical (unpaired) electrons. The number of carbonyl (C=O) groups is 1. The molecule has 0 heterocycles. The third-order valence-corrected chi connectivity index (χ3v) is 12.0. The number of quaternary nitrogens is 1. The van der Waals surface area contributed by atoms with E-state index in [1.165, 1.54) is 38.5 Å². The van der Waals surface area contributed by atoms with E-state index in [2.05, 4.69) is 165 Å². The minimum atomic E-state index is -4.61. The average Bonchev–Trinajstić information content (AvgIpc) is 3.33. The van der Waals surface area contributed by atoms with Gasteiger partial charge in [-0.15, -0.1) is 0 Å². The van der Waals surface area contributed by atoms with Crippen LogP contribution >= 0.6 is 7.82 Å². The number of aliphatic hydroxyl groups excluding tert-OH is 1. The van der Waals surface area contributed by atoms with Crippen molar-refractivity contribution < 1.29 is 32.9 Å². The Morgan fingerprint density at radius 2 is 0.859 bits per heavy atom. The molecule has 0 aromatic heterocycles. The number of phosphoric acid groups is 1. The monoisotopic (exact) mass is 1000 g/mol. The fourth-order valence-corrected chi connectivity index (χ4v) is 7.44. The summed E-state index contributed by atoms with van der Waals surface area (Å²) >= 11 is 0. The van der Waals surface area contributed by atoms with Crippen molar-refractivity contribution in [2.45, 2.75) is 187 Å². The molecule has 400 valence electrons. The summed E-state index contributed by atoms with van der Waals surface area (Å²) in [6.07, 6.45) is 80.5. The molecule has 2 N–H and O–H groups in total. The van der Waals surface area contributed by atoms with E-state index < -0.39 is 26.6 Å². The quantitative estimate of drug-likeness (QED) is 0.0272. The van der Waals surface area contributed by atoms with Crippen molar-refractivity contribution in [3.8, 4) is 0 Å². The lowest BCUT2D eigenvalue weighted by Crippen LogP contribution is -2.45. The van der Waals surface area contributed by atoms with Crippen LogP contribution in [0.5, 0.6) is 0 Å². The molecule has 0 aliphatic heterocycles. The first-order valence-corrected chi connectivity index (χ1v) is 28.8. The second-order valence-corrected chi connectivity index (χ2v) is 20.3. The molecule has 3 unspecified atom stereocenters. The van der Waals surface area contributed by atoms with Gasteiger partial charge in [-0.3, -0.25) is 9.36 Å². The molecule has 0 aliphatic rings. The minimum Gasteiger partial charge on any atom is -0.756 e. The molecule has 0 aromatic rings. The van der Waals surface area contributed by atoms with Crippen LogP contribution in [-0.4, -0.2) is 68.5 Å². The molecule has 0 spiro atoms. The zero-order chi connectivity index (χ0) is 52.0. The molecule has 9 heteroatoms. The molecule has 0 fully saturated rings. The Morgan fingerprint density at radius 3 is 1.25 bits per heavy atom. The molecule has 0 rings (SSSR count). The van der Waals surface area contributed by atoms with Gasteiger partial charge in [0.2, 0.25) is 5.91 Å². The van der Waals surface area contributed by atoms with E-state index in [1.54, 1.807) is 6.08 Å². The summed E-state index contributed by atoms with van der Waals surface area (Å²) in [6, 6.07) is -0.920. The van der Waals surface area contributed by atoms with Crippen LogP contribution in [0.1, 0.15) is 174 Å². The summed E-state index contributed by atoms with van der Waals surface area (Å²) < 4.78 is 23.2. The molecule has 1 amide bonds. The predicted octanol–water partition coefficient (Wildman–Crippen LogP) is 16.1. The number of carbonyl (C=O) groups excluding carboxylic acids is 1. The van der Waals surface area contributed by atoms with Gasteiger partial charge in [-0.1, -0.05) is 217 Å². The standard InChI is InChI=1S/C62H101N2O6P/c1-6-8-10-12-14-16-18-19-20-21-22-23-24-25-26-27-28-29-30-31-32-33-34-35-36-37-38-39-40-41-42-43-44-45-46-48-50-52-54-56-62(66)63-60(59-70-71(67,68)69-58-57-64(3,4)5)61(65)55-53-51-49-47-17-15-13-11-9-7-2/h8,10,14,16,19-20,22-23,25-26,28-29,31-32,34-35,37-38,40-41,43-44,46,48,53,55,60-61,65H,6-7,9,11-13,15,17-18,21,24,27,30,33,36,39,42,45,47,49-52,54,56-59H2,1-5H3,(H-,63,66,67,68)/b10-8-,16-14-,20-19-,23-22-,26-25-,29-28-,32-31-,35-34-,38-37-,41-40-,44-43-,48-46-,55-53+. The molecule has 8 nitrogen and oxygen atoms in total. The van der Waals surface area contributed by atoms with Crippen LogP contribution in [0, 0.1) is 0 Å². The molecule has 3 atom stereocenters. The number of allylic oxidation sites excluding steroid dienone is 25. The molecule has 0 bridgehead atoms. The van der Waals surface area contributed by atoms with Gasteiger partial charge < -0.3 is 28.8 Å². The molecule has 0 aliphatic carbocycles. The smallest absolute Gasteiger partial charge is 0.268 e. The first-order chi connectivity index (χ1) is 34.5. The summed E-state index contributed by atoms with van der Waals surface area (Å²) in [4.78, 5) is 25.3. The predicted molar refractivity (Wildman–Crippen MR) is 306 cm³/mol. The lowest BCUT2D eigenvalue weighted by molar-refractivity contribution is -0.870. The molecular formula is C62H101N2O6P. The van der Waals surface area contributed by atoms with E-state index in [0.29, 0.717) is 17.4 Å². The Labute approximate surface area is 435 Å². The minimum absolute atomic E-state index is 0.0186. The molecule has 0 saturated carbocycles. The van der Waals surface area contributed by atoms with E-state index in [9.17, 15) is 19.4 Å². The van der Waals surface area contributed by atoms with Gasteiger partial charge in [0.05, 0.1) is 39.9 Å². The van der Waals surface area contributed by atoms with Crippen LogP contribution in [0.3, 0.4) is 0 Å². The SMILES string of the molecule is CC/C=C\C/C=C\C/C=C\C/C=C\C/C=C\C/C=C\C/C=C\C/C=C\C/C=C\C/C=C\C/C=C\C/C=C\CCCCC(=O)NC(COP(=O)([O-])OCC[N+](C)(C)C)C(O)/C=C/CCCCCCCCCC. The van der Waals surface area contributed by atoms with Crippen molar-refractivity contribution in [1.29, 1.82) is 0 Å². The fraction of sp³-hybridized carbons (Fsp3) is 0.565. The van der Waals surface area contributed by atoms with E-state index in [1.807, 2.05) is 27.2 Å². The molecule has 0 saturated heterocycles. The topological polar surface area (TPSA) is 108 Å². The highest BCUT2D eigenvalue weighted by atomic mass is 31.2. The van der Waals surface area contributed by atoms with Gasteiger partial charge in [0.15, 0.2) is 0 Å². The van der Waals surface area contributed by atoms with Crippen molar-refractivity contribution >= 4 is 13.7 Å². The van der Waals surface area contributed by atoms with Crippen molar-refractivity contribution in [2.24, 2.45) is 0 Å². The average molecular weight is 1000 g/mol. The zero-order valence-electron chi connectivity index (χ0n) is 45.3. The third kappa shape index (κ3) is 53.7. The van der Waals surface area contributed by atoms with E-state index in [0.717, 1.165) is 109 Å². The van der Waals surface area contributed by atoms with Crippen LogP contribution in [0.2, 0.25) is 0 Å². The van der Waals surface area contributed by atoms with E-state index >= 15 is 0 Å². The van der Waals surface area contributed by atoms with Crippen LogP contribution in [0.25, 0.3) is 0 Å². The Balaban J connectivity index is 4.22. The summed E-state index contributed by atoms with van der Waals surface area (Å²) in [5.41, 5.74) is 0. The lowest BCUT2D eigenvalue weighted by Gasteiger charge is -2.29. The Kier molecular flexibility index (Phi) is 48.2. The van der Waals surface area contributed by atoms with Gasteiger partial charge in [0.1, 0.15) is 13.2 Å². The maximum absolute atomic E-state index is 12.9. The number of rotatable bonds is 47.